The molecule has 1 rings (SSSR count). The second-order valence-electron chi connectivity index (χ2n) is 7.63. The third kappa shape index (κ3) is 15.0. The Balaban J connectivity index is 1.91. The topological polar surface area (TPSA) is 90.7 Å². The first-order valence-corrected chi connectivity index (χ1v) is 12.5. The fourth-order valence-electron chi connectivity index (χ4n) is 3.11. The van der Waals surface area contributed by atoms with Gasteiger partial charge in [0.15, 0.2) is 0 Å². The zero-order valence-electron chi connectivity index (χ0n) is 18.6. The van der Waals surface area contributed by atoms with Gasteiger partial charge in [0.2, 0.25) is 16.2 Å². The van der Waals surface area contributed by atoms with Crippen LogP contribution in [0.25, 0.3) is 0 Å². The van der Waals surface area contributed by atoms with Crippen LogP contribution < -0.4 is 10.6 Å². The number of hydrogen-bond acceptors (Lipinski definition) is 6. The summed E-state index contributed by atoms with van der Waals surface area (Å²) in [5, 5.41) is 23.3. The maximum Gasteiger partial charge on any atom is 0.226 e. The van der Waals surface area contributed by atoms with Crippen LogP contribution in [0.3, 0.4) is 0 Å². The van der Waals surface area contributed by atoms with E-state index in [2.05, 4.69) is 46.0 Å². The number of allylic oxidation sites excluding steroid dienone is 2. The molecule has 2 N–H and O–H groups in total. The Morgan fingerprint density at radius 2 is 1.53 bits per heavy atom. The van der Waals surface area contributed by atoms with E-state index in [4.69, 9.17) is 5.26 Å². The molecule has 0 aromatic carbocycles. The molecule has 1 aromatic rings. The average Bonchev–Trinajstić information content (AvgIpc) is 3.18. The van der Waals surface area contributed by atoms with Crippen molar-refractivity contribution in [3.63, 3.8) is 0 Å². The number of rotatable bonds is 19. The molecule has 1 aromatic heterocycles. The third-order valence-corrected chi connectivity index (χ3v) is 5.65. The van der Waals surface area contributed by atoms with E-state index in [9.17, 15) is 4.79 Å². The average molecular weight is 434 g/mol. The van der Waals surface area contributed by atoms with Gasteiger partial charge in [0.1, 0.15) is 0 Å². The Bertz CT molecular complexity index is 623. The Morgan fingerprint density at radius 1 is 0.933 bits per heavy atom. The Hall–Kier alpha value is -1.94. The fraction of sp³-hybridized carbons (Fsp3) is 0.739. The summed E-state index contributed by atoms with van der Waals surface area (Å²) in [6.07, 6.45) is 21.9. The summed E-state index contributed by atoms with van der Waals surface area (Å²) in [7, 11) is 0. The standard InChI is InChI=1S/C23H39N5OS/c1-2-3-4-5-6-7-8-9-10-11-12-13-14-15-16-18-21(29)26-23-28-27-22(30-23)25-20-17-19-24/h9-10H,2-8,11-18,20H2,1H3,(H,25,27)(H,26,28,29). The minimum atomic E-state index is -0.00708. The highest BCUT2D eigenvalue weighted by atomic mass is 32.1. The highest BCUT2D eigenvalue weighted by Crippen LogP contribution is 2.20. The molecule has 0 aliphatic carbocycles. The van der Waals surface area contributed by atoms with Crippen LogP contribution in [0.1, 0.15) is 103 Å². The van der Waals surface area contributed by atoms with E-state index in [0.717, 1.165) is 12.8 Å². The summed E-state index contributed by atoms with van der Waals surface area (Å²) < 4.78 is 0. The van der Waals surface area contributed by atoms with Crippen LogP contribution in [0.5, 0.6) is 0 Å². The summed E-state index contributed by atoms with van der Waals surface area (Å²) in [6.45, 7) is 2.80. The van der Waals surface area contributed by atoms with E-state index in [-0.39, 0.29) is 5.91 Å². The van der Waals surface area contributed by atoms with Crippen LogP contribution in [0.15, 0.2) is 12.2 Å². The molecule has 0 atom stereocenters. The third-order valence-electron chi connectivity index (χ3n) is 4.85. The molecule has 0 fully saturated rings. The SMILES string of the molecule is CCCCCCCCC=CCCCCCCCC(=O)Nc1nnc(NCCC#N)s1. The van der Waals surface area contributed by atoms with Gasteiger partial charge in [0, 0.05) is 13.0 Å². The monoisotopic (exact) mass is 433 g/mol. The predicted molar refractivity (Wildman–Crippen MR) is 127 cm³/mol. The molecule has 7 heteroatoms. The number of nitriles is 1. The smallest absolute Gasteiger partial charge is 0.226 e. The van der Waals surface area contributed by atoms with E-state index in [0.29, 0.717) is 29.6 Å². The number of carbonyl (C=O) groups is 1. The molecular weight excluding hydrogens is 394 g/mol. The lowest BCUT2D eigenvalue weighted by atomic mass is 10.1. The molecule has 168 valence electrons. The first kappa shape index (κ1) is 26.1. The van der Waals surface area contributed by atoms with E-state index in [1.807, 2.05) is 0 Å². The molecule has 0 unspecified atom stereocenters. The van der Waals surface area contributed by atoms with Crippen LogP contribution in [0, 0.1) is 11.3 Å². The quantitative estimate of drug-likeness (QED) is 0.184. The van der Waals surface area contributed by atoms with Gasteiger partial charge in [-0.25, -0.2) is 0 Å². The Morgan fingerprint density at radius 3 is 2.20 bits per heavy atom. The molecule has 30 heavy (non-hydrogen) atoms. The van der Waals surface area contributed by atoms with Gasteiger partial charge in [0.05, 0.1) is 12.5 Å². The van der Waals surface area contributed by atoms with E-state index >= 15 is 0 Å². The summed E-state index contributed by atoms with van der Waals surface area (Å²) >= 11 is 1.29. The van der Waals surface area contributed by atoms with Crippen molar-refractivity contribution in [2.24, 2.45) is 0 Å². The number of hydrogen-bond donors (Lipinski definition) is 2. The molecule has 0 aliphatic heterocycles. The van der Waals surface area contributed by atoms with Crippen LogP contribution in [0.2, 0.25) is 0 Å². The molecule has 1 amide bonds. The zero-order chi connectivity index (χ0) is 21.7. The van der Waals surface area contributed by atoms with E-state index in [1.165, 1.54) is 82.0 Å². The first-order valence-electron chi connectivity index (χ1n) is 11.7. The lowest BCUT2D eigenvalue weighted by Gasteiger charge is -2.02. The highest BCUT2D eigenvalue weighted by molar-refractivity contribution is 7.19. The first-order chi connectivity index (χ1) is 14.8. The van der Waals surface area contributed by atoms with E-state index in [1.54, 1.807) is 0 Å². The van der Waals surface area contributed by atoms with Gasteiger partial charge in [-0.1, -0.05) is 81.8 Å². The molecule has 0 spiro atoms. The van der Waals surface area contributed by atoms with Crippen molar-refractivity contribution in [3.8, 4) is 6.07 Å². The number of nitrogens with zero attached hydrogens (tertiary/aromatic N) is 3. The minimum Gasteiger partial charge on any atom is -0.359 e. The second kappa shape index (κ2) is 19.0. The van der Waals surface area contributed by atoms with Gasteiger partial charge in [-0.05, 0) is 32.1 Å². The number of aromatic nitrogens is 2. The van der Waals surface area contributed by atoms with Crippen molar-refractivity contribution >= 4 is 27.5 Å². The number of carbonyl (C=O) groups excluding carboxylic acids is 1. The van der Waals surface area contributed by atoms with Crippen LogP contribution in [0.4, 0.5) is 10.3 Å². The molecule has 0 bridgehead atoms. The van der Waals surface area contributed by atoms with Gasteiger partial charge >= 0.3 is 0 Å². The second-order valence-corrected chi connectivity index (χ2v) is 8.61. The van der Waals surface area contributed by atoms with Gasteiger partial charge < -0.3 is 10.6 Å². The highest BCUT2D eigenvalue weighted by Gasteiger charge is 2.07. The maximum atomic E-state index is 12.0. The Labute approximate surface area is 186 Å². The molecule has 0 radical (unpaired) electrons. The van der Waals surface area contributed by atoms with Crippen LogP contribution in [-0.4, -0.2) is 22.6 Å². The molecule has 0 saturated carbocycles. The number of unbranched alkanes of at least 4 members (excludes halogenated alkanes) is 11. The maximum absolute atomic E-state index is 12.0. The largest absolute Gasteiger partial charge is 0.359 e. The molecular formula is C23H39N5OS. The van der Waals surface area contributed by atoms with Crippen molar-refractivity contribution in [1.82, 2.24) is 10.2 Å². The minimum absolute atomic E-state index is 0.00708. The fourth-order valence-corrected chi connectivity index (χ4v) is 3.79. The van der Waals surface area contributed by atoms with Crippen molar-refractivity contribution < 1.29 is 4.79 Å². The lowest BCUT2D eigenvalue weighted by Crippen LogP contribution is -2.10. The van der Waals surface area contributed by atoms with Crippen molar-refractivity contribution in [1.29, 1.82) is 5.26 Å². The van der Waals surface area contributed by atoms with Gasteiger partial charge in [-0.2, -0.15) is 5.26 Å². The van der Waals surface area contributed by atoms with Gasteiger partial charge in [0.25, 0.3) is 0 Å². The Kier molecular flexibility index (Phi) is 16.6. The normalized spacial score (nSPS) is 10.9. The molecule has 1 heterocycles. The molecule has 6 nitrogen and oxygen atoms in total. The number of nitrogens with one attached hydrogen (secondary N) is 2. The number of amides is 1. The molecule has 0 saturated heterocycles. The van der Waals surface area contributed by atoms with Crippen LogP contribution in [-0.2, 0) is 4.79 Å². The van der Waals surface area contributed by atoms with Gasteiger partial charge in [-0.3, -0.25) is 4.79 Å². The number of anilines is 2. The summed E-state index contributed by atoms with van der Waals surface area (Å²) in [6, 6.07) is 2.06. The van der Waals surface area contributed by atoms with E-state index < -0.39 is 0 Å². The summed E-state index contributed by atoms with van der Waals surface area (Å²) in [5.41, 5.74) is 0. The van der Waals surface area contributed by atoms with Gasteiger partial charge in [-0.15, -0.1) is 10.2 Å². The summed E-state index contributed by atoms with van der Waals surface area (Å²) in [5.74, 6) is -0.00708. The van der Waals surface area contributed by atoms with Crippen molar-refractivity contribution in [2.45, 2.75) is 103 Å². The van der Waals surface area contributed by atoms with Crippen LogP contribution >= 0.6 is 11.3 Å². The van der Waals surface area contributed by atoms with Crippen molar-refractivity contribution in [2.75, 3.05) is 17.2 Å². The molecule has 0 aliphatic rings. The lowest BCUT2D eigenvalue weighted by molar-refractivity contribution is -0.116. The predicted octanol–water partition coefficient (Wildman–Crippen LogP) is 6.84. The van der Waals surface area contributed by atoms with Crippen molar-refractivity contribution in [3.05, 3.63) is 12.2 Å². The summed E-state index contributed by atoms with van der Waals surface area (Å²) in [4.78, 5) is 12.0. The zero-order valence-corrected chi connectivity index (χ0v) is 19.4.